The Morgan fingerprint density at radius 3 is 2.60 bits per heavy atom. The monoisotopic (exact) mass is 276 g/mol. The Bertz CT molecular complexity index is 423. The maximum atomic E-state index is 9.68. The third-order valence-corrected chi connectivity index (χ3v) is 4.40. The first-order valence-electron chi connectivity index (χ1n) is 7.85. The molecule has 1 aliphatic rings. The van der Waals surface area contributed by atoms with E-state index < -0.39 is 0 Å². The maximum Gasteiger partial charge on any atom is 0.0541 e. The predicted molar refractivity (Wildman–Crippen MR) is 85.2 cm³/mol. The van der Waals surface area contributed by atoms with E-state index in [4.69, 9.17) is 0 Å². The standard InChI is InChI=1S/C17H28N2O/c1-4-18-12-15-5-6-17(13(2)11-15)19-9-7-16(8-10-19)14(3)20/h5-6,11,14,16,18,20H,4,7-10,12H2,1-3H3. The molecule has 0 spiro atoms. The normalized spacial score (nSPS) is 18.3. The van der Waals surface area contributed by atoms with Crippen molar-refractivity contribution in [3.63, 3.8) is 0 Å². The van der Waals surface area contributed by atoms with Crippen molar-refractivity contribution in [2.75, 3.05) is 24.5 Å². The summed E-state index contributed by atoms with van der Waals surface area (Å²) < 4.78 is 0. The van der Waals surface area contributed by atoms with Gasteiger partial charge in [0.25, 0.3) is 0 Å². The average molecular weight is 276 g/mol. The van der Waals surface area contributed by atoms with Crippen molar-refractivity contribution in [3.8, 4) is 0 Å². The molecule has 1 unspecified atom stereocenters. The number of piperidine rings is 1. The fourth-order valence-electron chi connectivity index (χ4n) is 3.07. The van der Waals surface area contributed by atoms with E-state index in [2.05, 4.69) is 42.3 Å². The molecule has 0 aromatic heterocycles. The van der Waals surface area contributed by atoms with Crippen LogP contribution in [-0.4, -0.2) is 30.8 Å². The molecule has 1 fully saturated rings. The summed E-state index contributed by atoms with van der Waals surface area (Å²) in [5.41, 5.74) is 4.07. The third kappa shape index (κ3) is 3.74. The number of rotatable bonds is 5. The van der Waals surface area contributed by atoms with Gasteiger partial charge < -0.3 is 15.3 Å². The number of hydrogen-bond donors (Lipinski definition) is 2. The molecule has 1 aromatic carbocycles. The van der Waals surface area contributed by atoms with Gasteiger partial charge in [-0.25, -0.2) is 0 Å². The summed E-state index contributed by atoms with van der Waals surface area (Å²) in [4.78, 5) is 2.46. The number of aryl methyl sites for hydroxylation is 1. The molecule has 1 aliphatic heterocycles. The van der Waals surface area contributed by atoms with Crippen molar-refractivity contribution in [2.45, 2.75) is 46.3 Å². The predicted octanol–water partition coefficient (Wildman–Crippen LogP) is 2.70. The van der Waals surface area contributed by atoms with Crippen molar-refractivity contribution >= 4 is 5.69 Å². The molecule has 0 saturated carbocycles. The number of nitrogens with one attached hydrogen (secondary N) is 1. The molecule has 0 aliphatic carbocycles. The molecule has 0 amide bonds. The summed E-state index contributed by atoms with van der Waals surface area (Å²) in [6.07, 6.45) is 2.02. The van der Waals surface area contributed by atoms with E-state index in [1.165, 1.54) is 16.8 Å². The second kappa shape index (κ2) is 7.09. The van der Waals surface area contributed by atoms with E-state index in [-0.39, 0.29) is 6.10 Å². The van der Waals surface area contributed by atoms with Gasteiger partial charge in [0.15, 0.2) is 0 Å². The lowest BCUT2D eigenvalue weighted by Crippen LogP contribution is -2.37. The second-order valence-corrected chi connectivity index (χ2v) is 5.97. The first kappa shape index (κ1) is 15.3. The minimum Gasteiger partial charge on any atom is -0.393 e. The Hall–Kier alpha value is -1.06. The molecule has 1 aromatic rings. The zero-order valence-electron chi connectivity index (χ0n) is 13.0. The van der Waals surface area contributed by atoms with Crippen LogP contribution in [0, 0.1) is 12.8 Å². The Morgan fingerprint density at radius 1 is 1.35 bits per heavy atom. The average Bonchev–Trinajstić information content (AvgIpc) is 2.45. The highest BCUT2D eigenvalue weighted by atomic mass is 16.3. The van der Waals surface area contributed by atoms with Crippen LogP contribution in [0.15, 0.2) is 18.2 Å². The van der Waals surface area contributed by atoms with E-state index in [0.29, 0.717) is 5.92 Å². The molecule has 1 atom stereocenters. The molecule has 3 heteroatoms. The maximum absolute atomic E-state index is 9.68. The first-order valence-corrected chi connectivity index (χ1v) is 7.85. The Morgan fingerprint density at radius 2 is 2.05 bits per heavy atom. The summed E-state index contributed by atoms with van der Waals surface area (Å²) in [7, 11) is 0. The Labute approximate surface area is 123 Å². The minimum atomic E-state index is -0.166. The van der Waals surface area contributed by atoms with E-state index >= 15 is 0 Å². The van der Waals surface area contributed by atoms with Crippen LogP contribution < -0.4 is 10.2 Å². The van der Waals surface area contributed by atoms with Gasteiger partial charge in [0, 0.05) is 25.3 Å². The van der Waals surface area contributed by atoms with Gasteiger partial charge >= 0.3 is 0 Å². The minimum absolute atomic E-state index is 0.166. The van der Waals surface area contributed by atoms with Gasteiger partial charge in [-0.2, -0.15) is 0 Å². The van der Waals surface area contributed by atoms with E-state index in [9.17, 15) is 5.11 Å². The molecule has 112 valence electrons. The summed E-state index contributed by atoms with van der Waals surface area (Å²) in [5.74, 6) is 0.472. The Kier molecular flexibility index (Phi) is 5.44. The lowest BCUT2D eigenvalue weighted by Gasteiger charge is -2.35. The quantitative estimate of drug-likeness (QED) is 0.868. The number of nitrogens with zero attached hydrogens (tertiary/aromatic N) is 1. The van der Waals surface area contributed by atoms with Gasteiger partial charge in [-0.15, -0.1) is 0 Å². The van der Waals surface area contributed by atoms with Crippen LogP contribution in [0.4, 0.5) is 5.69 Å². The van der Waals surface area contributed by atoms with Gasteiger partial charge in [0.05, 0.1) is 6.10 Å². The van der Waals surface area contributed by atoms with Crippen molar-refractivity contribution in [1.82, 2.24) is 5.32 Å². The van der Waals surface area contributed by atoms with E-state index in [0.717, 1.165) is 39.0 Å². The van der Waals surface area contributed by atoms with Gasteiger partial charge in [0.2, 0.25) is 0 Å². The number of anilines is 1. The van der Waals surface area contributed by atoms with Crippen molar-refractivity contribution in [1.29, 1.82) is 0 Å². The van der Waals surface area contributed by atoms with Crippen LogP contribution in [0.1, 0.15) is 37.8 Å². The summed E-state index contributed by atoms with van der Waals surface area (Å²) in [6.45, 7) is 10.3. The first-order chi connectivity index (χ1) is 9.61. The van der Waals surface area contributed by atoms with Crippen molar-refractivity contribution < 1.29 is 5.11 Å². The van der Waals surface area contributed by atoms with Crippen LogP contribution in [0.5, 0.6) is 0 Å². The number of hydrogen-bond acceptors (Lipinski definition) is 3. The summed E-state index contributed by atoms with van der Waals surface area (Å²) in [5, 5.41) is 13.0. The molecule has 2 rings (SSSR count). The van der Waals surface area contributed by atoms with Gasteiger partial charge in [-0.3, -0.25) is 0 Å². The zero-order valence-corrected chi connectivity index (χ0v) is 13.0. The molecule has 1 saturated heterocycles. The molecule has 0 bridgehead atoms. The van der Waals surface area contributed by atoms with Crippen LogP contribution in [0.25, 0.3) is 0 Å². The van der Waals surface area contributed by atoms with Crippen LogP contribution in [0.2, 0.25) is 0 Å². The van der Waals surface area contributed by atoms with E-state index in [1.54, 1.807) is 0 Å². The van der Waals surface area contributed by atoms with Crippen LogP contribution in [0.3, 0.4) is 0 Å². The third-order valence-electron chi connectivity index (χ3n) is 4.40. The highest BCUT2D eigenvalue weighted by Gasteiger charge is 2.23. The molecule has 3 nitrogen and oxygen atoms in total. The number of benzene rings is 1. The molecule has 2 N–H and O–H groups in total. The summed E-state index contributed by atoms with van der Waals surface area (Å²) >= 11 is 0. The molecule has 0 radical (unpaired) electrons. The molecule has 20 heavy (non-hydrogen) atoms. The molecular weight excluding hydrogens is 248 g/mol. The smallest absolute Gasteiger partial charge is 0.0541 e. The van der Waals surface area contributed by atoms with E-state index in [1.807, 2.05) is 6.92 Å². The number of aliphatic hydroxyl groups excluding tert-OH is 1. The van der Waals surface area contributed by atoms with Crippen LogP contribution >= 0.6 is 0 Å². The Balaban J connectivity index is 1.99. The van der Waals surface area contributed by atoms with Gasteiger partial charge in [0.1, 0.15) is 0 Å². The fraction of sp³-hybridized carbons (Fsp3) is 0.647. The van der Waals surface area contributed by atoms with Gasteiger partial charge in [-0.05, 0) is 56.3 Å². The highest BCUT2D eigenvalue weighted by molar-refractivity contribution is 5.54. The van der Waals surface area contributed by atoms with Crippen LogP contribution in [-0.2, 0) is 6.54 Å². The van der Waals surface area contributed by atoms with Gasteiger partial charge in [-0.1, -0.05) is 19.1 Å². The summed E-state index contributed by atoms with van der Waals surface area (Å²) in [6, 6.07) is 6.77. The topological polar surface area (TPSA) is 35.5 Å². The van der Waals surface area contributed by atoms with Crippen molar-refractivity contribution in [2.24, 2.45) is 5.92 Å². The second-order valence-electron chi connectivity index (χ2n) is 5.97. The lowest BCUT2D eigenvalue weighted by atomic mass is 9.91. The highest BCUT2D eigenvalue weighted by Crippen LogP contribution is 2.28. The molecular formula is C17H28N2O. The molecule has 1 heterocycles. The largest absolute Gasteiger partial charge is 0.393 e. The lowest BCUT2D eigenvalue weighted by molar-refractivity contribution is 0.110. The fourth-order valence-corrected chi connectivity index (χ4v) is 3.07. The zero-order chi connectivity index (χ0) is 14.5. The SMILES string of the molecule is CCNCc1ccc(N2CCC(C(C)O)CC2)c(C)c1. The van der Waals surface area contributed by atoms with Crippen molar-refractivity contribution in [3.05, 3.63) is 29.3 Å². The number of aliphatic hydroxyl groups is 1.